The predicted octanol–water partition coefficient (Wildman–Crippen LogP) is 3.92. The fraction of sp³-hybridized carbons (Fsp3) is 0.158. The number of hydrogen-bond acceptors (Lipinski definition) is 6. The molecular formula is C19H17N5OS2. The molecule has 0 aliphatic carbocycles. The van der Waals surface area contributed by atoms with E-state index in [-0.39, 0.29) is 11.7 Å². The Labute approximate surface area is 166 Å². The van der Waals surface area contributed by atoms with Gasteiger partial charge in [0.25, 0.3) is 0 Å². The van der Waals surface area contributed by atoms with Crippen LogP contribution >= 0.6 is 23.5 Å². The van der Waals surface area contributed by atoms with Crippen LogP contribution in [0, 0.1) is 18.3 Å². The highest BCUT2D eigenvalue weighted by Gasteiger charge is 2.12. The molecule has 3 rings (SSSR count). The number of aromatic nitrogens is 3. The first-order chi connectivity index (χ1) is 13.2. The highest BCUT2D eigenvalue weighted by Crippen LogP contribution is 2.27. The van der Waals surface area contributed by atoms with Gasteiger partial charge in [-0.1, -0.05) is 42.1 Å². The second-order valence-electron chi connectivity index (χ2n) is 5.55. The molecule has 2 aromatic carbocycles. The average Bonchev–Trinajstić information content (AvgIpc) is 3.14. The molecule has 0 bridgehead atoms. The second-order valence-corrected chi connectivity index (χ2v) is 7.51. The molecule has 0 radical (unpaired) electrons. The van der Waals surface area contributed by atoms with E-state index in [1.807, 2.05) is 60.0 Å². The molecule has 0 saturated heterocycles. The molecule has 1 heterocycles. The van der Waals surface area contributed by atoms with Gasteiger partial charge < -0.3 is 5.32 Å². The van der Waals surface area contributed by atoms with Crippen molar-refractivity contribution >= 4 is 35.1 Å². The van der Waals surface area contributed by atoms with Gasteiger partial charge in [-0.2, -0.15) is 5.26 Å². The van der Waals surface area contributed by atoms with E-state index < -0.39 is 0 Å². The first-order valence-electron chi connectivity index (χ1n) is 8.16. The molecule has 0 fully saturated rings. The molecule has 0 spiro atoms. The van der Waals surface area contributed by atoms with Gasteiger partial charge in [0.1, 0.15) is 6.33 Å². The number of nitrogens with zero attached hydrogens (tertiary/aromatic N) is 4. The molecule has 0 aliphatic heterocycles. The van der Waals surface area contributed by atoms with Crippen LogP contribution in [0.2, 0.25) is 0 Å². The van der Waals surface area contributed by atoms with Gasteiger partial charge >= 0.3 is 0 Å². The summed E-state index contributed by atoms with van der Waals surface area (Å²) in [5.41, 5.74) is 2.81. The van der Waals surface area contributed by atoms with Crippen molar-refractivity contribution in [2.75, 3.05) is 16.8 Å². The molecule has 0 saturated carbocycles. The number of amides is 1. The van der Waals surface area contributed by atoms with E-state index in [4.69, 9.17) is 5.26 Å². The highest BCUT2D eigenvalue weighted by atomic mass is 32.2. The maximum Gasteiger partial charge on any atom is 0.234 e. The Morgan fingerprint density at radius 1 is 1.19 bits per heavy atom. The lowest BCUT2D eigenvalue weighted by Gasteiger charge is -2.10. The van der Waals surface area contributed by atoms with E-state index >= 15 is 0 Å². The zero-order valence-electron chi connectivity index (χ0n) is 14.6. The third kappa shape index (κ3) is 4.90. The van der Waals surface area contributed by atoms with Crippen LogP contribution in [0.3, 0.4) is 0 Å². The molecule has 0 atom stereocenters. The Morgan fingerprint density at radius 3 is 2.78 bits per heavy atom. The van der Waals surface area contributed by atoms with Gasteiger partial charge in [0.15, 0.2) is 5.16 Å². The van der Waals surface area contributed by atoms with E-state index in [0.29, 0.717) is 16.6 Å². The number of anilines is 1. The molecule has 136 valence electrons. The van der Waals surface area contributed by atoms with Crippen LogP contribution in [0.5, 0.6) is 0 Å². The van der Waals surface area contributed by atoms with Crippen LogP contribution in [0.15, 0.2) is 64.9 Å². The number of aryl methyl sites for hydroxylation is 1. The van der Waals surface area contributed by atoms with Gasteiger partial charge in [0.05, 0.1) is 28.9 Å². The van der Waals surface area contributed by atoms with E-state index in [1.54, 1.807) is 6.33 Å². The van der Waals surface area contributed by atoms with Crippen molar-refractivity contribution in [1.29, 1.82) is 5.26 Å². The number of nitrogens with one attached hydrogen (secondary N) is 1. The molecule has 27 heavy (non-hydrogen) atoms. The molecule has 0 unspecified atom stereocenters. The molecule has 1 N–H and O–H groups in total. The van der Waals surface area contributed by atoms with E-state index in [9.17, 15) is 4.79 Å². The van der Waals surface area contributed by atoms with Gasteiger partial charge in [-0.15, -0.1) is 22.0 Å². The predicted molar refractivity (Wildman–Crippen MR) is 108 cm³/mol. The SMILES string of the molecule is Cc1ccccc1-n1cnnc1SCC(=O)Nc1ccccc1SCC#N. The van der Waals surface area contributed by atoms with Gasteiger partial charge in [-0.3, -0.25) is 9.36 Å². The van der Waals surface area contributed by atoms with E-state index in [1.165, 1.54) is 23.5 Å². The Hall–Kier alpha value is -2.76. The molecule has 3 aromatic rings. The normalized spacial score (nSPS) is 10.4. The van der Waals surface area contributed by atoms with Crippen LogP contribution in [-0.2, 0) is 4.79 Å². The van der Waals surface area contributed by atoms with Crippen molar-refractivity contribution in [3.05, 3.63) is 60.4 Å². The third-order valence-corrected chi connectivity index (χ3v) is 5.56. The van der Waals surface area contributed by atoms with Crippen LogP contribution in [-0.4, -0.2) is 32.2 Å². The zero-order chi connectivity index (χ0) is 19.1. The van der Waals surface area contributed by atoms with Crippen molar-refractivity contribution in [2.45, 2.75) is 17.0 Å². The number of thioether (sulfide) groups is 2. The Bertz CT molecular complexity index is 980. The quantitative estimate of drug-likeness (QED) is 0.611. The van der Waals surface area contributed by atoms with Crippen molar-refractivity contribution in [3.8, 4) is 11.8 Å². The van der Waals surface area contributed by atoms with Gasteiger partial charge in [0.2, 0.25) is 5.91 Å². The van der Waals surface area contributed by atoms with Gasteiger partial charge in [-0.05, 0) is 30.7 Å². The fourth-order valence-corrected chi connectivity index (χ4v) is 3.84. The lowest BCUT2D eigenvalue weighted by atomic mass is 10.2. The van der Waals surface area contributed by atoms with Crippen LogP contribution in [0.4, 0.5) is 5.69 Å². The number of para-hydroxylation sites is 2. The number of carbonyl (C=O) groups excluding carboxylic acids is 1. The summed E-state index contributed by atoms with van der Waals surface area (Å²) in [4.78, 5) is 13.3. The van der Waals surface area contributed by atoms with Crippen molar-refractivity contribution < 1.29 is 4.79 Å². The van der Waals surface area contributed by atoms with E-state index in [0.717, 1.165) is 16.1 Å². The van der Waals surface area contributed by atoms with Crippen molar-refractivity contribution in [2.24, 2.45) is 0 Å². The number of benzene rings is 2. The average molecular weight is 396 g/mol. The van der Waals surface area contributed by atoms with Crippen LogP contribution in [0.1, 0.15) is 5.56 Å². The molecule has 6 nitrogen and oxygen atoms in total. The number of hydrogen-bond donors (Lipinski definition) is 1. The number of carbonyl (C=O) groups is 1. The maximum absolute atomic E-state index is 12.4. The standard InChI is InChI=1S/C19H17N5OS2/c1-14-6-2-4-8-16(14)24-13-21-23-19(24)27-12-18(25)22-15-7-3-5-9-17(15)26-11-10-20/h2-9,13H,11-12H2,1H3,(H,22,25). The van der Waals surface area contributed by atoms with Crippen molar-refractivity contribution in [1.82, 2.24) is 14.8 Å². The minimum Gasteiger partial charge on any atom is -0.324 e. The summed E-state index contributed by atoms with van der Waals surface area (Å²) in [5, 5.41) is 20.4. The minimum atomic E-state index is -0.135. The van der Waals surface area contributed by atoms with Gasteiger partial charge in [0, 0.05) is 4.90 Å². The summed E-state index contributed by atoms with van der Waals surface area (Å²) in [6.45, 7) is 2.02. The lowest BCUT2D eigenvalue weighted by Crippen LogP contribution is -2.15. The summed E-state index contributed by atoms with van der Waals surface area (Å²) >= 11 is 2.72. The molecular weight excluding hydrogens is 378 g/mol. The molecule has 1 amide bonds. The summed E-state index contributed by atoms with van der Waals surface area (Å²) in [7, 11) is 0. The molecule has 1 aromatic heterocycles. The third-order valence-electron chi connectivity index (χ3n) is 3.68. The monoisotopic (exact) mass is 395 g/mol. The first-order valence-corrected chi connectivity index (χ1v) is 10.1. The molecule has 8 heteroatoms. The van der Waals surface area contributed by atoms with Gasteiger partial charge in [-0.25, -0.2) is 0 Å². The van der Waals surface area contributed by atoms with E-state index in [2.05, 4.69) is 21.6 Å². The fourth-order valence-electron chi connectivity index (χ4n) is 2.44. The number of rotatable bonds is 7. The first kappa shape index (κ1) is 19.0. The Kier molecular flexibility index (Phi) is 6.52. The number of nitriles is 1. The van der Waals surface area contributed by atoms with Crippen LogP contribution < -0.4 is 5.32 Å². The topological polar surface area (TPSA) is 83.6 Å². The summed E-state index contributed by atoms with van der Waals surface area (Å²) < 4.78 is 1.88. The minimum absolute atomic E-state index is 0.135. The smallest absolute Gasteiger partial charge is 0.234 e. The van der Waals surface area contributed by atoms with Crippen LogP contribution in [0.25, 0.3) is 5.69 Å². The Balaban J connectivity index is 1.66. The summed E-state index contributed by atoms with van der Waals surface area (Å²) in [6.07, 6.45) is 1.65. The Morgan fingerprint density at radius 2 is 1.96 bits per heavy atom. The van der Waals surface area contributed by atoms with Crippen molar-refractivity contribution in [3.63, 3.8) is 0 Å². The maximum atomic E-state index is 12.4. The highest BCUT2D eigenvalue weighted by molar-refractivity contribution is 8.00. The summed E-state index contributed by atoms with van der Waals surface area (Å²) in [6, 6.07) is 17.5. The second kappa shape index (κ2) is 9.26. The molecule has 0 aliphatic rings. The largest absolute Gasteiger partial charge is 0.324 e. The summed E-state index contributed by atoms with van der Waals surface area (Å²) in [5.74, 6) is 0.410. The zero-order valence-corrected chi connectivity index (χ0v) is 16.3. The lowest BCUT2D eigenvalue weighted by molar-refractivity contribution is -0.113.